The predicted molar refractivity (Wildman–Crippen MR) is 131 cm³/mol. The minimum atomic E-state index is -0.414. The number of nitrogen functional groups attached to an aromatic ring is 2. The van der Waals surface area contributed by atoms with Gasteiger partial charge in [0, 0.05) is 16.3 Å². The van der Waals surface area contributed by atoms with Crippen molar-refractivity contribution in [3.63, 3.8) is 0 Å². The van der Waals surface area contributed by atoms with Crippen molar-refractivity contribution in [2.45, 2.75) is 6.92 Å². The van der Waals surface area contributed by atoms with Crippen LogP contribution in [0.5, 0.6) is 0 Å². The Bertz CT molecular complexity index is 1540. The van der Waals surface area contributed by atoms with E-state index in [1.807, 2.05) is 36.6 Å². The number of hydrogen-bond acceptors (Lipinski definition) is 9. The number of aromatic nitrogens is 2. The molecule has 5 N–H and O–H groups in total. The summed E-state index contributed by atoms with van der Waals surface area (Å²) in [6.07, 6.45) is 1.49. The van der Waals surface area contributed by atoms with Gasteiger partial charge in [0.1, 0.15) is 32.9 Å². The van der Waals surface area contributed by atoms with Crippen LogP contribution in [0.1, 0.15) is 20.8 Å². The molecule has 0 aliphatic carbocycles. The van der Waals surface area contributed by atoms with E-state index in [1.54, 1.807) is 12.1 Å². The number of furan rings is 1. The van der Waals surface area contributed by atoms with Gasteiger partial charge in [-0.25, -0.2) is 9.97 Å². The molecule has 5 rings (SSSR count). The molecule has 8 nitrogen and oxygen atoms in total. The second kappa shape index (κ2) is 8.05. The van der Waals surface area contributed by atoms with E-state index in [0.29, 0.717) is 26.7 Å². The van der Waals surface area contributed by atoms with Gasteiger partial charge in [-0.3, -0.25) is 10.1 Å². The molecule has 0 atom stereocenters. The molecule has 10 heteroatoms. The summed E-state index contributed by atoms with van der Waals surface area (Å²) in [5.41, 5.74) is 16.1. The van der Waals surface area contributed by atoms with Crippen LogP contribution in [0.4, 0.5) is 16.6 Å². The van der Waals surface area contributed by atoms with E-state index in [9.17, 15) is 10.1 Å². The van der Waals surface area contributed by atoms with E-state index in [2.05, 4.69) is 21.4 Å². The van der Waals surface area contributed by atoms with Crippen molar-refractivity contribution in [2.24, 2.45) is 0 Å². The molecule has 0 bridgehead atoms. The van der Waals surface area contributed by atoms with Crippen LogP contribution in [-0.2, 0) is 0 Å². The number of thiazole rings is 1. The standard InChI is InChI=1S/C23H16N6O2S2/c1-11-4-6-12(7-5-11)14-10-32-23(27-14)29-21(30)19-18(25)17-16(15-3-2-8-31-15)13(9-24)20(26)28-22(17)33-19/h2-8,10H,25H2,1H3,(H2,26,28)(H,27,29,30). The lowest BCUT2D eigenvalue weighted by Gasteiger charge is -2.06. The van der Waals surface area contributed by atoms with Crippen LogP contribution in [0, 0.1) is 18.3 Å². The molecule has 0 unspecified atom stereocenters. The highest BCUT2D eigenvalue weighted by atomic mass is 32.1. The van der Waals surface area contributed by atoms with Gasteiger partial charge in [0.2, 0.25) is 0 Å². The third kappa shape index (κ3) is 3.59. The average Bonchev–Trinajstić information content (AvgIpc) is 3.54. The Hall–Kier alpha value is -4.20. The minimum Gasteiger partial charge on any atom is -0.464 e. The molecule has 0 spiro atoms. The zero-order valence-corrected chi connectivity index (χ0v) is 18.9. The first-order valence-electron chi connectivity index (χ1n) is 9.75. The third-order valence-electron chi connectivity index (χ3n) is 5.06. The van der Waals surface area contributed by atoms with E-state index >= 15 is 0 Å². The van der Waals surface area contributed by atoms with E-state index in [4.69, 9.17) is 15.9 Å². The van der Waals surface area contributed by atoms with Gasteiger partial charge in [0.25, 0.3) is 5.91 Å². The molecular formula is C23H16N6O2S2. The van der Waals surface area contributed by atoms with E-state index < -0.39 is 5.91 Å². The normalized spacial score (nSPS) is 10.9. The maximum atomic E-state index is 13.1. The molecule has 0 aliphatic rings. The van der Waals surface area contributed by atoms with Gasteiger partial charge in [0.15, 0.2) is 5.13 Å². The molecule has 0 fully saturated rings. The fourth-order valence-corrected chi connectivity index (χ4v) is 5.18. The summed E-state index contributed by atoms with van der Waals surface area (Å²) in [5.74, 6) is 0.0554. The topological polar surface area (TPSA) is 144 Å². The molecule has 33 heavy (non-hydrogen) atoms. The average molecular weight is 473 g/mol. The van der Waals surface area contributed by atoms with Crippen molar-refractivity contribution in [3.05, 3.63) is 64.0 Å². The second-order valence-corrected chi connectivity index (χ2v) is 9.08. The molecule has 0 radical (unpaired) electrons. The van der Waals surface area contributed by atoms with Crippen molar-refractivity contribution >= 4 is 55.4 Å². The fraction of sp³-hybridized carbons (Fsp3) is 0.0435. The van der Waals surface area contributed by atoms with Crippen LogP contribution in [0.3, 0.4) is 0 Å². The highest BCUT2D eigenvalue weighted by Crippen LogP contribution is 2.43. The quantitative estimate of drug-likeness (QED) is 0.323. The lowest BCUT2D eigenvalue weighted by Crippen LogP contribution is -2.11. The summed E-state index contributed by atoms with van der Waals surface area (Å²) < 4.78 is 5.50. The van der Waals surface area contributed by atoms with Gasteiger partial charge in [0.05, 0.1) is 23.2 Å². The predicted octanol–water partition coefficient (Wildman–Crippen LogP) is 5.28. The Labute approximate surface area is 196 Å². The van der Waals surface area contributed by atoms with E-state index in [1.165, 1.54) is 17.6 Å². The zero-order chi connectivity index (χ0) is 23.1. The Kier molecular flexibility index (Phi) is 5.05. The van der Waals surface area contributed by atoms with E-state index in [0.717, 1.165) is 28.2 Å². The van der Waals surface area contributed by atoms with Crippen LogP contribution in [-0.4, -0.2) is 15.9 Å². The molecular weight excluding hydrogens is 456 g/mol. The minimum absolute atomic E-state index is 0.0484. The number of rotatable bonds is 4. The van der Waals surface area contributed by atoms with Gasteiger partial charge in [-0.2, -0.15) is 5.26 Å². The summed E-state index contributed by atoms with van der Waals surface area (Å²) in [6.45, 7) is 2.02. The molecule has 162 valence electrons. The smallest absolute Gasteiger partial charge is 0.269 e. The fourth-order valence-electron chi connectivity index (χ4n) is 3.46. The van der Waals surface area contributed by atoms with Crippen LogP contribution < -0.4 is 16.8 Å². The number of carbonyl (C=O) groups excluding carboxylic acids is 1. The summed E-state index contributed by atoms with van der Waals surface area (Å²) in [7, 11) is 0. The van der Waals surface area contributed by atoms with Crippen LogP contribution >= 0.6 is 22.7 Å². The van der Waals surface area contributed by atoms with Crippen LogP contribution in [0.25, 0.3) is 32.8 Å². The Morgan fingerprint density at radius 1 is 1.18 bits per heavy atom. The van der Waals surface area contributed by atoms with E-state index in [-0.39, 0.29) is 21.9 Å². The summed E-state index contributed by atoms with van der Waals surface area (Å²) in [4.78, 5) is 22.6. The molecule has 4 heterocycles. The first-order valence-corrected chi connectivity index (χ1v) is 11.4. The highest BCUT2D eigenvalue weighted by Gasteiger charge is 2.25. The van der Waals surface area contributed by atoms with Crippen LogP contribution in [0.2, 0.25) is 0 Å². The number of nitrogens with zero attached hydrogens (tertiary/aromatic N) is 3. The first-order chi connectivity index (χ1) is 16.0. The summed E-state index contributed by atoms with van der Waals surface area (Å²) in [5, 5.41) is 15.2. The molecule has 0 aliphatic heterocycles. The third-order valence-corrected chi connectivity index (χ3v) is 6.92. The Morgan fingerprint density at radius 2 is 1.97 bits per heavy atom. The van der Waals surface area contributed by atoms with Gasteiger partial charge in [-0.1, -0.05) is 29.8 Å². The number of hydrogen-bond donors (Lipinski definition) is 3. The van der Waals surface area contributed by atoms with Crippen molar-refractivity contribution in [3.8, 4) is 28.7 Å². The maximum Gasteiger partial charge on any atom is 0.269 e. The molecule has 1 amide bonds. The monoisotopic (exact) mass is 472 g/mol. The number of amides is 1. The van der Waals surface area contributed by atoms with Gasteiger partial charge < -0.3 is 15.9 Å². The SMILES string of the molecule is Cc1ccc(-c2csc(NC(=O)c3sc4nc(N)c(C#N)c(-c5ccco5)c4c3N)n2)cc1. The molecule has 1 aromatic carbocycles. The number of nitrogens with one attached hydrogen (secondary N) is 1. The summed E-state index contributed by atoms with van der Waals surface area (Å²) >= 11 is 2.42. The van der Waals surface area contributed by atoms with Crippen molar-refractivity contribution < 1.29 is 9.21 Å². The number of thiophene rings is 1. The molecule has 0 saturated heterocycles. The van der Waals surface area contributed by atoms with Crippen molar-refractivity contribution in [2.75, 3.05) is 16.8 Å². The lowest BCUT2D eigenvalue weighted by molar-refractivity contribution is 0.103. The van der Waals surface area contributed by atoms with Gasteiger partial charge in [-0.15, -0.1) is 22.7 Å². The van der Waals surface area contributed by atoms with Gasteiger partial charge in [-0.05, 0) is 19.1 Å². The second-order valence-electron chi connectivity index (χ2n) is 7.22. The van der Waals surface area contributed by atoms with Crippen molar-refractivity contribution in [1.29, 1.82) is 5.26 Å². The van der Waals surface area contributed by atoms with Crippen molar-refractivity contribution in [1.82, 2.24) is 9.97 Å². The van der Waals surface area contributed by atoms with Gasteiger partial charge >= 0.3 is 0 Å². The first kappa shape index (κ1) is 20.7. The molecule has 0 saturated carbocycles. The maximum absolute atomic E-state index is 13.1. The largest absolute Gasteiger partial charge is 0.464 e. The molecule has 4 aromatic heterocycles. The zero-order valence-electron chi connectivity index (χ0n) is 17.2. The number of anilines is 3. The molecule has 5 aromatic rings. The van der Waals surface area contributed by atoms with Crippen LogP contribution in [0.15, 0.2) is 52.5 Å². The Morgan fingerprint density at radius 3 is 2.67 bits per heavy atom. The highest BCUT2D eigenvalue weighted by molar-refractivity contribution is 7.21. The summed E-state index contributed by atoms with van der Waals surface area (Å²) in [6, 6.07) is 13.5. The number of aryl methyl sites for hydroxylation is 1. The number of nitriles is 1. The number of nitrogens with two attached hydrogens (primary N) is 2. The number of fused-ring (bicyclic) bond motifs is 1. The number of benzene rings is 1. The number of pyridine rings is 1. The Balaban J connectivity index is 1.53. The number of carbonyl (C=O) groups is 1. The lowest BCUT2D eigenvalue weighted by atomic mass is 10.0.